The highest BCUT2D eigenvalue weighted by atomic mass is 16.5. The van der Waals surface area contributed by atoms with Crippen LogP contribution in [0.1, 0.15) is 5.89 Å². The molecule has 0 saturated carbocycles. The molecule has 1 saturated heterocycles. The van der Waals surface area contributed by atoms with Gasteiger partial charge in [-0.3, -0.25) is 9.58 Å². The number of aromatic nitrogens is 4. The van der Waals surface area contributed by atoms with E-state index in [9.17, 15) is 0 Å². The predicted molar refractivity (Wildman–Crippen MR) is 95.3 cm³/mol. The van der Waals surface area contributed by atoms with Crippen LogP contribution in [-0.4, -0.2) is 57.5 Å². The van der Waals surface area contributed by atoms with Gasteiger partial charge in [-0.1, -0.05) is 35.5 Å². The third-order valence-electron chi connectivity index (χ3n) is 4.57. The van der Waals surface area contributed by atoms with E-state index in [0.717, 1.165) is 44.7 Å². The number of rotatable bonds is 5. The molecule has 0 aliphatic carbocycles. The van der Waals surface area contributed by atoms with E-state index in [1.807, 2.05) is 48.3 Å². The zero-order valence-corrected chi connectivity index (χ0v) is 14.4. The Bertz CT molecular complexity index is 804. The molecule has 2 aromatic heterocycles. The lowest BCUT2D eigenvalue weighted by molar-refractivity contribution is 0.249. The van der Waals surface area contributed by atoms with E-state index < -0.39 is 0 Å². The molecule has 0 bridgehead atoms. The fourth-order valence-corrected chi connectivity index (χ4v) is 3.12. The van der Waals surface area contributed by atoms with E-state index >= 15 is 0 Å². The predicted octanol–water partition coefficient (Wildman–Crippen LogP) is 1.83. The molecule has 4 rings (SSSR count). The molecule has 1 fully saturated rings. The first-order valence-corrected chi connectivity index (χ1v) is 8.62. The minimum atomic E-state index is 0.664. The molecule has 0 unspecified atom stereocenters. The third-order valence-corrected chi connectivity index (χ3v) is 4.57. The summed E-state index contributed by atoms with van der Waals surface area (Å²) in [5.41, 5.74) is 2.19. The summed E-state index contributed by atoms with van der Waals surface area (Å²) in [6.45, 7) is 5.05. The second-order valence-electron chi connectivity index (χ2n) is 6.33. The van der Waals surface area contributed by atoms with Gasteiger partial charge in [0.05, 0.1) is 11.9 Å². The molecule has 1 aliphatic heterocycles. The van der Waals surface area contributed by atoms with E-state index in [-0.39, 0.29) is 0 Å². The SMILES string of the molecule is Cn1cc(N2CCN(CCc3nc(-c4ccccc4)no3)CC2)cn1. The molecule has 3 aromatic rings. The van der Waals surface area contributed by atoms with Crippen molar-refractivity contribution in [3.8, 4) is 11.4 Å². The number of piperazine rings is 1. The maximum absolute atomic E-state index is 5.39. The molecule has 7 heteroatoms. The summed E-state index contributed by atoms with van der Waals surface area (Å²) >= 11 is 0. The van der Waals surface area contributed by atoms with Crippen molar-refractivity contribution in [2.24, 2.45) is 7.05 Å². The molecule has 0 N–H and O–H groups in total. The van der Waals surface area contributed by atoms with Crippen molar-refractivity contribution in [1.29, 1.82) is 0 Å². The first kappa shape index (κ1) is 15.8. The molecular weight excluding hydrogens is 316 g/mol. The van der Waals surface area contributed by atoms with Gasteiger partial charge in [0.25, 0.3) is 0 Å². The van der Waals surface area contributed by atoms with Crippen molar-refractivity contribution in [3.05, 3.63) is 48.6 Å². The molecule has 7 nitrogen and oxygen atoms in total. The van der Waals surface area contributed by atoms with Crippen LogP contribution in [0.2, 0.25) is 0 Å². The Balaban J connectivity index is 1.28. The van der Waals surface area contributed by atoms with Gasteiger partial charge in [0.15, 0.2) is 0 Å². The molecule has 0 spiro atoms. The van der Waals surface area contributed by atoms with E-state index in [1.54, 1.807) is 0 Å². The number of anilines is 1. The van der Waals surface area contributed by atoms with Crippen LogP contribution >= 0.6 is 0 Å². The molecule has 0 radical (unpaired) electrons. The summed E-state index contributed by atoms with van der Waals surface area (Å²) in [5.74, 6) is 1.37. The van der Waals surface area contributed by atoms with Crippen molar-refractivity contribution in [2.45, 2.75) is 6.42 Å². The number of benzene rings is 1. The van der Waals surface area contributed by atoms with Crippen LogP contribution in [0.15, 0.2) is 47.2 Å². The lowest BCUT2D eigenvalue weighted by atomic mass is 10.2. The van der Waals surface area contributed by atoms with Crippen LogP contribution < -0.4 is 4.90 Å². The van der Waals surface area contributed by atoms with Crippen molar-refractivity contribution in [3.63, 3.8) is 0 Å². The highest BCUT2D eigenvalue weighted by molar-refractivity contribution is 5.53. The number of aryl methyl sites for hydroxylation is 1. The quantitative estimate of drug-likeness (QED) is 0.707. The Labute approximate surface area is 146 Å². The zero-order valence-electron chi connectivity index (χ0n) is 14.4. The molecular formula is C18H22N6O. The molecule has 1 aliphatic rings. The van der Waals surface area contributed by atoms with Gasteiger partial charge in [0, 0.05) is 58.0 Å². The minimum Gasteiger partial charge on any atom is -0.366 e. The summed E-state index contributed by atoms with van der Waals surface area (Å²) in [4.78, 5) is 9.33. The Morgan fingerprint density at radius 2 is 1.88 bits per heavy atom. The Kier molecular flexibility index (Phi) is 4.47. The largest absolute Gasteiger partial charge is 0.366 e. The third kappa shape index (κ3) is 3.71. The van der Waals surface area contributed by atoms with Crippen molar-refractivity contribution >= 4 is 5.69 Å². The monoisotopic (exact) mass is 338 g/mol. The average molecular weight is 338 g/mol. The maximum atomic E-state index is 5.39. The Morgan fingerprint density at radius 3 is 2.60 bits per heavy atom. The number of hydrogen-bond acceptors (Lipinski definition) is 6. The summed E-state index contributed by atoms with van der Waals surface area (Å²) in [6.07, 6.45) is 4.78. The van der Waals surface area contributed by atoms with Crippen molar-refractivity contribution in [2.75, 3.05) is 37.6 Å². The molecule has 25 heavy (non-hydrogen) atoms. The van der Waals surface area contributed by atoms with Gasteiger partial charge < -0.3 is 9.42 Å². The van der Waals surface area contributed by atoms with Crippen LogP contribution in [0.3, 0.4) is 0 Å². The smallest absolute Gasteiger partial charge is 0.228 e. The first-order chi connectivity index (χ1) is 12.3. The Hall–Kier alpha value is -2.67. The highest BCUT2D eigenvalue weighted by Gasteiger charge is 2.19. The van der Waals surface area contributed by atoms with Gasteiger partial charge in [-0.05, 0) is 0 Å². The van der Waals surface area contributed by atoms with Gasteiger partial charge in [0.1, 0.15) is 0 Å². The normalized spacial score (nSPS) is 15.6. The summed E-state index contributed by atoms with van der Waals surface area (Å²) in [6, 6.07) is 9.93. The van der Waals surface area contributed by atoms with Crippen molar-refractivity contribution < 1.29 is 4.52 Å². The van der Waals surface area contributed by atoms with E-state index in [0.29, 0.717) is 11.7 Å². The van der Waals surface area contributed by atoms with E-state index in [1.165, 1.54) is 5.69 Å². The zero-order chi connectivity index (χ0) is 17.1. The first-order valence-electron chi connectivity index (χ1n) is 8.62. The minimum absolute atomic E-state index is 0.664. The number of hydrogen-bond donors (Lipinski definition) is 0. The second kappa shape index (κ2) is 7.06. The highest BCUT2D eigenvalue weighted by Crippen LogP contribution is 2.17. The van der Waals surface area contributed by atoms with Crippen LogP contribution in [0.25, 0.3) is 11.4 Å². The maximum Gasteiger partial charge on any atom is 0.228 e. The molecule has 0 amide bonds. The van der Waals surface area contributed by atoms with Gasteiger partial charge in [-0.25, -0.2) is 0 Å². The van der Waals surface area contributed by atoms with Gasteiger partial charge in [-0.15, -0.1) is 0 Å². The summed E-state index contributed by atoms with van der Waals surface area (Å²) < 4.78 is 7.24. The Morgan fingerprint density at radius 1 is 1.08 bits per heavy atom. The van der Waals surface area contributed by atoms with Gasteiger partial charge in [0.2, 0.25) is 11.7 Å². The fraction of sp³-hybridized carbons (Fsp3) is 0.389. The van der Waals surface area contributed by atoms with Crippen LogP contribution in [0, 0.1) is 0 Å². The van der Waals surface area contributed by atoms with E-state index in [4.69, 9.17) is 4.52 Å². The van der Waals surface area contributed by atoms with Crippen LogP contribution in [-0.2, 0) is 13.5 Å². The summed E-state index contributed by atoms with van der Waals surface area (Å²) in [5, 5.41) is 8.33. The van der Waals surface area contributed by atoms with Gasteiger partial charge in [-0.2, -0.15) is 10.1 Å². The lowest BCUT2D eigenvalue weighted by Gasteiger charge is -2.35. The van der Waals surface area contributed by atoms with Gasteiger partial charge >= 0.3 is 0 Å². The number of nitrogens with zero attached hydrogens (tertiary/aromatic N) is 6. The topological polar surface area (TPSA) is 63.2 Å². The molecule has 0 atom stereocenters. The molecule has 3 heterocycles. The standard InChI is InChI=1S/C18H22N6O/c1-22-14-16(13-19-22)24-11-9-23(10-12-24)8-7-17-20-18(21-25-17)15-5-3-2-4-6-15/h2-6,13-14H,7-12H2,1H3. The average Bonchev–Trinajstić information content (AvgIpc) is 3.30. The molecule has 130 valence electrons. The van der Waals surface area contributed by atoms with Crippen molar-refractivity contribution in [1.82, 2.24) is 24.8 Å². The van der Waals surface area contributed by atoms with Crippen LogP contribution in [0.5, 0.6) is 0 Å². The fourth-order valence-electron chi connectivity index (χ4n) is 3.12. The summed E-state index contributed by atoms with van der Waals surface area (Å²) in [7, 11) is 1.95. The van der Waals surface area contributed by atoms with Crippen LogP contribution in [0.4, 0.5) is 5.69 Å². The molecule has 1 aromatic carbocycles. The second-order valence-corrected chi connectivity index (χ2v) is 6.33. The van der Waals surface area contributed by atoms with E-state index in [2.05, 4.69) is 31.2 Å². The lowest BCUT2D eigenvalue weighted by Crippen LogP contribution is -2.46.